The summed E-state index contributed by atoms with van der Waals surface area (Å²) in [6.07, 6.45) is 1.58. The molecule has 2 aliphatic rings. The maximum Gasteiger partial charge on any atom is 0.265 e. The van der Waals surface area contributed by atoms with E-state index in [1.807, 2.05) is 0 Å². The molecule has 5 heteroatoms. The van der Waals surface area contributed by atoms with Crippen LogP contribution in [0.2, 0.25) is 0 Å². The van der Waals surface area contributed by atoms with Gasteiger partial charge in [0.15, 0.2) is 0 Å². The van der Waals surface area contributed by atoms with Crippen molar-refractivity contribution in [3.05, 3.63) is 0 Å². The van der Waals surface area contributed by atoms with Crippen LogP contribution in [0.4, 0.5) is 8.78 Å². The Morgan fingerprint density at radius 2 is 2.06 bits per heavy atom. The third kappa shape index (κ3) is 3.00. The van der Waals surface area contributed by atoms with Gasteiger partial charge in [0, 0.05) is 25.6 Å². The van der Waals surface area contributed by atoms with Crippen molar-refractivity contribution in [3.8, 4) is 0 Å². The Kier molecular flexibility index (Phi) is 4.24. The van der Waals surface area contributed by atoms with Gasteiger partial charge in [-0.2, -0.15) is 0 Å². The summed E-state index contributed by atoms with van der Waals surface area (Å²) in [7, 11) is 0. The van der Waals surface area contributed by atoms with E-state index in [9.17, 15) is 8.78 Å². The van der Waals surface area contributed by atoms with Crippen molar-refractivity contribution >= 4 is 0 Å². The molecule has 2 rings (SSSR count). The first kappa shape index (κ1) is 14.2. The molecule has 0 bridgehead atoms. The molecule has 0 unspecified atom stereocenters. The largest absolute Gasteiger partial charge is 0.372 e. The highest BCUT2D eigenvalue weighted by Gasteiger charge is 2.46. The number of ether oxygens (including phenoxy) is 1. The van der Waals surface area contributed by atoms with Gasteiger partial charge >= 0.3 is 0 Å². The standard InChI is InChI=1S/C13H24F2N2O/c1-9(2)17-7-5-10(8-17)18-11-4-3-6-13(14,15)12(11)16/h9-12H,3-8,16H2,1-2H3/t10-,11+,12-/m1/s1. The maximum absolute atomic E-state index is 13.5. The van der Waals surface area contributed by atoms with Crippen LogP contribution in [0.5, 0.6) is 0 Å². The average Bonchev–Trinajstić information content (AvgIpc) is 2.73. The van der Waals surface area contributed by atoms with Gasteiger partial charge in [0.25, 0.3) is 5.92 Å². The summed E-state index contributed by atoms with van der Waals surface area (Å²) in [5.74, 6) is -2.76. The molecule has 3 nitrogen and oxygen atoms in total. The van der Waals surface area contributed by atoms with E-state index in [-0.39, 0.29) is 12.5 Å². The Morgan fingerprint density at radius 1 is 1.33 bits per heavy atom. The fourth-order valence-corrected chi connectivity index (χ4v) is 2.89. The Morgan fingerprint density at radius 3 is 2.67 bits per heavy atom. The van der Waals surface area contributed by atoms with Crippen LogP contribution in [0.25, 0.3) is 0 Å². The van der Waals surface area contributed by atoms with Gasteiger partial charge in [-0.1, -0.05) is 0 Å². The van der Waals surface area contributed by atoms with Crippen molar-refractivity contribution in [1.82, 2.24) is 4.90 Å². The lowest BCUT2D eigenvalue weighted by molar-refractivity contribution is -0.130. The molecule has 0 spiro atoms. The van der Waals surface area contributed by atoms with Gasteiger partial charge in [-0.15, -0.1) is 0 Å². The summed E-state index contributed by atoms with van der Waals surface area (Å²) in [4.78, 5) is 2.32. The van der Waals surface area contributed by atoms with Crippen molar-refractivity contribution in [2.24, 2.45) is 5.73 Å². The molecule has 1 aliphatic heterocycles. The highest BCUT2D eigenvalue weighted by atomic mass is 19.3. The highest BCUT2D eigenvalue weighted by Crippen LogP contribution is 2.35. The van der Waals surface area contributed by atoms with Gasteiger partial charge in [-0.25, -0.2) is 8.78 Å². The van der Waals surface area contributed by atoms with Gasteiger partial charge in [-0.05, 0) is 33.1 Å². The highest BCUT2D eigenvalue weighted by molar-refractivity contribution is 4.93. The zero-order valence-electron chi connectivity index (χ0n) is 11.2. The summed E-state index contributed by atoms with van der Waals surface area (Å²) in [5, 5.41) is 0. The Balaban J connectivity index is 1.86. The van der Waals surface area contributed by atoms with Crippen LogP contribution in [-0.2, 0) is 4.74 Å². The van der Waals surface area contributed by atoms with Gasteiger partial charge in [0.2, 0.25) is 0 Å². The van der Waals surface area contributed by atoms with E-state index in [4.69, 9.17) is 10.5 Å². The zero-order chi connectivity index (χ0) is 13.3. The molecular weight excluding hydrogens is 238 g/mol. The number of rotatable bonds is 3. The van der Waals surface area contributed by atoms with Crippen molar-refractivity contribution in [3.63, 3.8) is 0 Å². The molecule has 1 saturated carbocycles. The molecule has 0 amide bonds. The lowest BCUT2D eigenvalue weighted by atomic mass is 9.89. The fourth-order valence-electron chi connectivity index (χ4n) is 2.89. The smallest absolute Gasteiger partial charge is 0.265 e. The summed E-state index contributed by atoms with van der Waals surface area (Å²) in [5.41, 5.74) is 5.64. The van der Waals surface area contributed by atoms with E-state index in [0.717, 1.165) is 19.5 Å². The van der Waals surface area contributed by atoms with Crippen LogP contribution in [0.3, 0.4) is 0 Å². The first-order chi connectivity index (χ1) is 8.40. The number of nitrogens with two attached hydrogens (primary N) is 1. The quantitative estimate of drug-likeness (QED) is 0.845. The van der Waals surface area contributed by atoms with E-state index in [1.54, 1.807) is 0 Å². The monoisotopic (exact) mass is 262 g/mol. The molecule has 1 heterocycles. The van der Waals surface area contributed by atoms with Gasteiger partial charge in [-0.3, -0.25) is 4.90 Å². The maximum atomic E-state index is 13.5. The van der Waals surface area contributed by atoms with Crippen LogP contribution in [0.1, 0.15) is 39.5 Å². The van der Waals surface area contributed by atoms with Crippen molar-refractivity contribution in [2.45, 2.75) is 69.7 Å². The van der Waals surface area contributed by atoms with Crippen LogP contribution in [0.15, 0.2) is 0 Å². The van der Waals surface area contributed by atoms with Crippen LogP contribution in [-0.4, -0.2) is 48.2 Å². The summed E-state index contributed by atoms with van der Waals surface area (Å²) < 4.78 is 32.9. The lowest BCUT2D eigenvalue weighted by Crippen LogP contribution is -2.54. The van der Waals surface area contributed by atoms with E-state index < -0.39 is 18.1 Å². The minimum absolute atomic E-state index is 0.0670. The normalized spacial score (nSPS) is 37.3. The second-order valence-electron chi connectivity index (χ2n) is 5.85. The molecule has 2 N–H and O–H groups in total. The topological polar surface area (TPSA) is 38.5 Å². The molecule has 0 radical (unpaired) electrons. The van der Waals surface area contributed by atoms with Gasteiger partial charge < -0.3 is 10.5 Å². The first-order valence-corrected chi connectivity index (χ1v) is 6.93. The van der Waals surface area contributed by atoms with Gasteiger partial charge in [0.05, 0.1) is 18.2 Å². The first-order valence-electron chi connectivity index (χ1n) is 6.93. The molecular formula is C13H24F2N2O. The van der Waals surface area contributed by atoms with Gasteiger partial charge in [0.1, 0.15) is 0 Å². The van der Waals surface area contributed by atoms with E-state index in [0.29, 0.717) is 18.9 Å². The van der Waals surface area contributed by atoms with Crippen molar-refractivity contribution < 1.29 is 13.5 Å². The zero-order valence-corrected chi connectivity index (χ0v) is 11.2. The Labute approximate surface area is 108 Å². The molecule has 0 aromatic carbocycles. The second kappa shape index (κ2) is 5.39. The molecule has 106 valence electrons. The Bertz CT molecular complexity index is 286. The number of hydrogen-bond donors (Lipinski definition) is 1. The number of halogens is 2. The average molecular weight is 262 g/mol. The molecule has 2 fully saturated rings. The third-order valence-electron chi connectivity index (χ3n) is 4.16. The third-order valence-corrected chi connectivity index (χ3v) is 4.16. The summed E-state index contributed by atoms with van der Waals surface area (Å²) >= 11 is 0. The predicted molar refractivity (Wildman–Crippen MR) is 66.8 cm³/mol. The molecule has 1 aliphatic carbocycles. The molecule has 1 saturated heterocycles. The molecule has 3 atom stereocenters. The van der Waals surface area contributed by atoms with Crippen molar-refractivity contribution in [2.75, 3.05) is 13.1 Å². The fraction of sp³-hybridized carbons (Fsp3) is 1.00. The lowest BCUT2D eigenvalue weighted by Gasteiger charge is -2.36. The van der Waals surface area contributed by atoms with E-state index >= 15 is 0 Å². The van der Waals surface area contributed by atoms with Crippen molar-refractivity contribution in [1.29, 1.82) is 0 Å². The number of alkyl halides is 2. The second-order valence-corrected chi connectivity index (χ2v) is 5.85. The van der Waals surface area contributed by atoms with E-state index in [1.165, 1.54) is 0 Å². The summed E-state index contributed by atoms with van der Waals surface area (Å²) in [6.45, 7) is 6.11. The van der Waals surface area contributed by atoms with Crippen LogP contribution in [0, 0.1) is 0 Å². The van der Waals surface area contributed by atoms with Crippen LogP contribution >= 0.6 is 0 Å². The minimum atomic E-state index is -2.76. The van der Waals surface area contributed by atoms with E-state index in [2.05, 4.69) is 18.7 Å². The SMILES string of the molecule is CC(C)N1CC[C@@H](O[C@H]2CCCC(F)(F)[C@@H]2N)C1. The molecule has 18 heavy (non-hydrogen) atoms. The minimum Gasteiger partial charge on any atom is -0.372 e. The van der Waals surface area contributed by atoms with Crippen LogP contribution < -0.4 is 5.73 Å². The predicted octanol–water partition coefficient (Wildman–Crippen LogP) is 2.00. The number of hydrogen-bond acceptors (Lipinski definition) is 3. The summed E-state index contributed by atoms with van der Waals surface area (Å²) in [6, 6.07) is -0.653. The Hall–Kier alpha value is -0.260. The number of nitrogens with zero attached hydrogens (tertiary/aromatic N) is 1. The molecule has 0 aromatic heterocycles. The molecule has 0 aromatic rings. The number of likely N-dealkylation sites (tertiary alicyclic amines) is 1.